The molecule has 0 N–H and O–H groups in total. The van der Waals surface area contributed by atoms with Crippen LogP contribution in [0.4, 0.5) is 0 Å². The zero-order valence-electron chi connectivity index (χ0n) is 5.73. The average molecular weight is 108 g/mol. The average Bonchev–Trinajstić information content (AvgIpc) is 1.66. The van der Waals surface area contributed by atoms with E-state index in [1.165, 1.54) is 0 Å². The first kappa shape index (κ1) is 7.30. The summed E-state index contributed by atoms with van der Waals surface area (Å²) >= 11 is 0. The van der Waals surface area contributed by atoms with Gasteiger partial charge in [-0.25, -0.2) is 0 Å². The number of hydrogen-bond donors (Lipinski definition) is 0. The van der Waals surface area contributed by atoms with E-state index in [1.807, 2.05) is 19.1 Å². The molecule has 0 amide bonds. The molecule has 0 unspecified atom stereocenters. The molecule has 0 spiro atoms. The maximum Gasteiger partial charge on any atom is 0.0149 e. The van der Waals surface area contributed by atoms with Gasteiger partial charge < -0.3 is 0 Å². The van der Waals surface area contributed by atoms with E-state index >= 15 is 0 Å². The molecule has 0 radical (unpaired) electrons. The molecule has 0 heterocycles. The van der Waals surface area contributed by atoms with Crippen LogP contribution in [0.1, 0.15) is 20.8 Å². The third-order valence-electron chi connectivity index (χ3n) is 0.622. The molecule has 44 valence electrons. The van der Waals surface area contributed by atoms with Crippen LogP contribution in [0.3, 0.4) is 0 Å². The van der Waals surface area contributed by atoms with Crippen molar-refractivity contribution in [2.75, 3.05) is 0 Å². The lowest BCUT2D eigenvalue weighted by Gasteiger charge is -1.82. The zero-order chi connectivity index (χ0) is 6.41. The number of hydrogen-bond acceptors (Lipinski definition) is 0. The van der Waals surface area contributed by atoms with Crippen LogP contribution in [0, 0.1) is 17.8 Å². The van der Waals surface area contributed by atoms with E-state index in [-0.39, 0.29) is 0 Å². The summed E-state index contributed by atoms with van der Waals surface area (Å²) in [6.07, 6.45) is 3.80. The Morgan fingerprint density at radius 2 is 2.00 bits per heavy atom. The molecule has 0 aliphatic heterocycles. The maximum absolute atomic E-state index is 3.01. The highest BCUT2D eigenvalue weighted by Gasteiger charge is 1.76. The summed E-state index contributed by atoms with van der Waals surface area (Å²) in [5, 5.41) is 0. The second-order valence-electron chi connectivity index (χ2n) is 1.94. The topological polar surface area (TPSA) is 0 Å². The SMILES string of the molecule is C/C=C/C#CC(C)C. The third-order valence-corrected chi connectivity index (χ3v) is 0.622. The normalized spacial score (nSPS) is 9.50. The molecular formula is C8H12. The van der Waals surface area contributed by atoms with E-state index in [1.54, 1.807) is 0 Å². The highest BCUT2D eigenvalue weighted by molar-refractivity contribution is 5.15. The van der Waals surface area contributed by atoms with Crippen molar-refractivity contribution in [1.82, 2.24) is 0 Å². The van der Waals surface area contributed by atoms with Crippen LogP contribution in [0.2, 0.25) is 0 Å². The summed E-state index contributed by atoms with van der Waals surface area (Å²) in [6.45, 7) is 6.13. The van der Waals surface area contributed by atoms with Gasteiger partial charge in [0.05, 0.1) is 0 Å². The Bertz CT molecular complexity index is 119. The van der Waals surface area contributed by atoms with Gasteiger partial charge in [0.15, 0.2) is 0 Å². The van der Waals surface area contributed by atoms with Crippen LogP contribution >= 0.6 is 0 Å². The lowest BCUT2D eigenvalue weighted by Crippen LogP contribution is -1.75. The Morgan fingerprint density at radius 3 is 2.38 bits per heavy atom. The summed E-state index contributed by atoms with van der Waals surface area (Å²) in [6, 6.07) is 0. The van der Waals surface area contributed by atoms with E-state index in [4.69, 9.17) is 0 Å². The smallest absolute Gasteiger partial charge is 0.0149 e. The summed E-state index contributed by atoms with van der Waals surface area (Å²) in [5.41, 5.74) is 0. The van der Waals surface area contributed by atoms with Crippen molar-refractivity contribution in [3.05, 3.63) is 12.2 Å². The largest absolute Gasteiger partial charge is 0.0957 e. The monoisotopic (exact) mass is 108 g/mol. The van der Waals surface area contributed by atoms with Gasteiger partial charge in [-0.3, -0.25) is 0 Å². The summed E-state index contributed by atoms with van der Waals surface area (Å²) in [4.78, 5) is 0. The second-order valence-corrected chi connectivity index (χ2v) is 1.94. The van der Waals surface area contributed by atoms with Gasteiger partial charge >= 0.3 is 0 Å². The Morgan fingerprint density at radius 1 is 1.38 bits per heavy atom. The van der Waals surface area contributed by atoms with Gasteiger partial charge in [-0.15, -0.1) is 0 Å². The number of rotatable bonds is 0. The Balaban J connectivity index is 3.51. The van der Waals surface area contributed by atoms with Crippen molar-refractivity contribution in [3.8, 4) is 11.8 Å². The summed E-state index contributed by atoms with van der Waals surface area (Å²) in [7, 11) is 0. The van der Waals surface area contributed by atoms with Crippen molar-refractivity contribution in [2.45, 2.75) is 20.8 Å². The third kappa shape index (κ3) is 5.30. The predicted molar refractivity (Wildman–Crippen MR) is 37.4 cm³/mol. The van der Waals surface area contributed by atoms with Crippen LogP contribution in [0.15, 0.2) is 12.2 Å². The molecule has 0 aliphatic rings. The van der Waals surface area contributed by atoms with Gasteiger partial charge in [-0.05, 0) is 13.0 Å². The van der Waals surface area contributed by atoms with Crippen molar-refractivity contribution in [1.29, 1.82) is 0 Å². The van der Waals surface area contributed by atoms with Crippen molar-refractivity contribution < 1.29 is 0 Å². The molecule has 0 saturated carbocycles. The minimum absolute atomic E-state index is 0.492. The molecule has 0 heteroatoms. The fraction of sp³-hybridized carbons (Fsp3) is 0.500. The van der Waals surface area contributed by atoms with Gasteiger partial charge in [0.25, 0.3) is 0 Å². The molecule has 0 saturated heterocycles. The Labute approximate surface area is 51.6 Å². The van der Waals surface area contributed by atoms with Crippen LogP contribution in [0.5, 0.6) is 0 Å². The minimum Gasteiger partial charge on any atom is -0.0957 e. The molecule has 0 bridgehead atoms. The molecule has 0 aliphatic carbocycles. The fourth-order valence-electron chi connectivity index (χ4n) is 0.298. The molecule has 0 rings (SSSR count). The lowest BCUT2D eigenvalue weighted by molar-refractivity contribution is 0.867. The van der Waals surface area contributed by atoms with Crippen LogP contribution in [0.25, 0.3) is 0 Å². The van der Waals surface area contributed by atoms with Crippen molar-refractivity contribution in [3.63, 3.8) is 0 Å². The van der Waals surface area contributed by atoms with Gasteiger partial charge in [0, 0.05) is 5.92 Å². The highest BCUT2D eigenvalue weighted by Crippen LogP contribution is 1.84. The van der Waals surface area contributed by atoms with Gasteiger partial charge in [0.2, 0.25) is 0 Å². The fourth-order valence-corrected chi connectivity index (χ4v) is 0.298. The number of allylic oxidation sites excluding steroid dienone is 2. The summed E-state index contributed by atoms with van der Waals surface area (Å²) < 4.78 is 0. The van der Waals surface area contributed by atoms with E-state index in [0.29, 0.717) is 5.92 Å². The molecule has 8 heavy (non-hydrogen) atoms. The predicted octanol–water partition coefficient (Wildman–Crippen LogP) is 2.22. The molecule has 0 aromatic carbocycles. The second kappa shape index (κ2) is 4.46. The maximum atomic E-state index is 3.01. The molecule has 0 fully saturated rings. The molecular weight excluding hydrogens is 96.1 g/mol. The quantitative estimate of drug-likeness (QED) is 0.417. The Kier molecular flexibility index (Phi) is 4.07. The summed E-state index contributed by atoms with van der Waals surface area (Å²) in [5.74, 6) is 6.41. The van der Waals surface area contributed by atoms with Gasteiger partial charge in [-0.1, -0.05) is 31.8 Å². The Hall–Kier alpha value is -0.700. The lowest BCUT2D eigenvalue weighted by atomic mass is 10.2. The first-order valence-electron chi connectivity index (χ1n) is 2.89. The van der Waals surface area contributed by atoms with E-state index in [2.05, 4.69) is 25.7 Å². The standard InChI is InChI=1S/C8H12/c1-4-5-6-7-8(2)3/h4-5,8H,1-3H3/b5-4+. The van der Waals surface area contributed by atoms with Crippen molar-refractivity contribution >= 4 is 0 Å². The molecule has 0 atom stereocenters. The highest BCUT2D eigenvalue weighted by atomic mass is 13.8. The van der Waals surface area contributed by atoms with Gasteiger partial charge in [0.1, 0.15) is 0 Å². The molecule has 0 aromatic rings. The zero-order valence-corrected chi connectivity index (χ0v) is 5.73. The molecule has 0 nitrogen and oxygen atoms in total. The minimum atomic E-state index is 0.492. The van der Waals surface area contributed by atoms with E-state index in [0.717, 1.165) is 0 Å². The van der Waals surface area contributed by atoms with E-state index < -0.39 is 0 Å². The van der Waals surface area contributed by atoms with Gasteiger partial charge in [-0.2, -0.15) is 0 Å². The van der Waals surface area contributed by atoms with Crippen LogP contribution in [-0.2, 0) is 0 Å². The first-order valence-corrected chi connectivity index (χ1v) is 2.89. The molecule has 0 aromatic heterocycles. The van der Waals surface area contributed by atoms with E-state index in [9.17, 15) is 0 Å². The van der Waals surface area contributed by atoms with Crippen LogP contribution < -0.4 is 0 Å². The van der Waals surface area contributed by atoms with Crippen LogP contribution in [-0.4, -0.2) is 0 Å². The first-order chi connectivity index (χ1) is 3.77. The van der Waals surface area contributed by atoms with Crippen molar-refractivity contribution in [2.24, 2.45) is 5.92 Å².